The molecule has 1 atom stereocenters. The number of rotatable bonds is 6. The van der Waals surface area contributed by atoms with Gasteiger partial charge in [-0.3, -0.25) is 4.79 Å². The van der Waals surface area contributed by atoms with E-state index in [0.717, 1.165) is 33.9 Å². The summed E-state index contributed by atoms with van der Waals surface area (Å²) in [6, 6.07) is 19.5. The molecule has 0 aliphatic carbocycles. The molecule has 7 heteroatoms. The zero-order chi connectivity index (χ0) is 22.2. The van der Waals surface area contributed by atoms with Crippen LogP contribution in [0.3, 0.4) is 0 Å². The molecule has 31 heavy (non-hydrogen) atoms. The summed E-state index contributed by atoms with van der Waals surface area (Å²) in [7, 11) is -3.79. The number of carbonyl (C=O) groups is 1. The molecule has 0 saturated heterocycles. The number of nitrogens with zero attached hydrogens (tertiary/aromatic N) is 1. The molecule has 0 fully saturated rings. The predicted octanol–water partition coefficient (Wildman–Crippen LogP) is 4.43. The number of aryl methyl sites for hydroxylation is 2. The molecule has 160 valence electrons. The highest BCUT2D eigenvalue weighted by Crippen LogP contribution is 2.31. The van der Waals surface area contributed by atoms with Gasteiger partial charge in [0.15, 0.2) is 0 Å². The highest BCUT2D eigenvalue weighted by Gasteiger charge is 2.22. The van der Waals surface area contributed by atoms with Crippen LogP contribution in [0.2, 0.25) is 0 Å². The summed E-state index contributed by atoms with van der Waals surface area (Å²) in [5.41, 5.74) is 3.82. The van der Waals surface area contributed by atoms with E-state index < -0.39 is 22.0 Å². The predicted molar refractivity (Wildman–Crippen MR) is 125 cm³/mol. The van der Waals surface area contributed by atoms with E-state index in [1.807, 2.05) is 37.3 Å². The van der Waals surface area contributed by atoms with Crippen molar-refractivity contribution in [1.29, 1.82) is 0 Å². The maximum absolute atomic E-state index is 12.7. The van der Waals surface area contributed by atoms with Crippen LogP contribution in [-0.4, -0.2) is 24.9 Å². The van der Waals surface area contributed by atoms with Gasteiger partial charge in [0.1, 0.15) is 0 Å². The second-order valence-corrected chi connectivity index (χ2v) is 9.35. The van der Waals surface area contributed by atoms with E-state index in [1.165, 1.54) is 19.1 Å². The topological polar surface area (TPSA) is 80.2 Å². The van der Waals surface area contributed by atoms with Crippen LogP contribution in [0.5, 0.6) is 0 Å². The van der Waals surface area contributed by atoms with Gasteiger partial charge in [-0.15, -0.1) is 0 Å². The van der Waals surface area contributed by atoms with Crippen molar-refractivity contribution in [1.82, 2.24) is 9.29 Å². The molecule has 1 aromatic heterocycles. The van der Waals surface area contributed by atoms with Crippen molar-refractivity contribution in [2.45, 2.75) is 38.3 Å². The molecule has 0 spiro atoms. The van der Waals surface area contributed by atoms with Crippen LogP contribution in [0.25, 0.3) is 21.8 Å². The standard InChI is InChI=1S/C24H25N3O3S/c1-4-27-22-8-6-5-7-20(22)21-15-18(11-14-23(21)27)25-24(28)17(3)26-31(29,30)19-12-9-16(2)10-13-19/h5-15,17,26H,4H2,1-3H3,(H,25,28)/t17-/m0/s1. The molecular weight excluding hydrogens is 410 g/mol. The number of hydrogen-bond acceptors (Lipinski definition) is 3. The van der Waals surface area contributed by atoms with E-state index in [2.05, 4.69) is 33.7 Å². The zero-order valence-electron chi connectivity index (χ0n) is 17.7. The maximum atomic E-state index is 12.7. The van der Waals surface area contributed by atoms with Crippen molar-refractivity contribution >= 4 is 43.4 Å². The molecule has 0 radical (unpaired) electrons. The van der Waals surface area contributed by atoms with Gasteiger partial charge in [-0.2, -0.15) is 4.72 Å². The molecule has 0 unspecified atom stereocenters. The average Bonchev–Trinajstić information content (AvgIpc) is 3.06. The molecule has 1 heterocycles. The number of hydrogen-bond donors (Lipinski definition) is 2. The number of benzene rings is 3. The minimum atomic E-state index is -3.79. The Hall–Kier alpha value is -3.16. The Labute approximate surface area is 181 Å². The number of nitrogens with one attached hydrogen (secondary N) is 2. The van der Waals surface area contributed by atoms with Crippen molar-refractivity contribution in [2.24, 2.45) is 0 Å². The third-order valence-electron chi connectivity index (χ3n) is 5.41. The van der Waals surface area contributed by atoms with E-state index in [4.69, 9.17) is 0 Å². The Morgan fingerprint density at radius 1 is 0.968 bits per heavy atom. The summed E-state index contributed by atoms with van der Waals surface area (Å²) in [4.78, 5) is 12.8. The first-order valence-electron chi connectivity index (χ1n) is 10.2. The lowest BCUT2D eigenvalue weighted by atomic mass is 10.1. The molecule has 0 aliphatic rings. The Kier molecular flexibility index (Phi) is 5.56. The lowest BCUT2D eigenvalue weighted by Crippen LogP contribution is -2.41. The Morgan fingerprint density at radius 2 is 1.65 bits per heavy atom. The number of amides is 1. The van der Waals surface area contributed by atoms with E-state index in [0.29, 0.717) is 5.69 Å². The molecule has 6 nitrogen and oxygen atoms in total. The van der Waals surface area contributed by atoms with Crippen LogP contribution in [-0.2, 0) is 21.4 Å². The van der Waals surface area contributed by atoms with E-state index in [-0.39, 0.29) is 4.90 Å². The molecule has 0 aliphatic heterocycles. The van der Waals surface area contributed by atoms with Crippen molar-refractivity contribution in [3.63, 3.8) is 0 Å². The monoisotopic (exact) mass is 435 g/mol. The fourth-order valence-electron chi connectivity index (χ4n) is 3.79. The van der Waals surface area contributed by atoms with Crippen molar-refractivity contribution in [3.05, 3.63) is 72.3 Å². The lowest BCUT2D eigenvalue weighted by Gasteiger charge is -2.15. The summed E-state index contributed by atoms with van der Waals surface area (Å²) in [6.45, 7) is 6.36. The molecule has 4 rings (SSSR count). The Balaban J connectivity index is 1.56. The molecule has 4 aromatic rings. The summed E-state index contributed by atoms with van der Waals surface area (Å²) in [6.07, 6.45) is 0. The smallest absolute Gasteiger partial charge is 0.242 e. The lowest BCUT2D eigenvalue weighted by molar-refractivity contribution is -0.117. The fraction of sp³-hybridized carbons (Fsp3) is 0.208. The first-order chi connectivity index (χ1) is 14.8. The number of aromatic nitrogens is 1. The highest BCUT2D eigenvalue weighted by atomic mass is 32.2. The molecular formula is C24H25N3O3S. The molecule has 0 saturated carbocycles. The van der Waals surface area contributed by atoms with Gasteiger partial charge in [0.05, 0.1) is 10.9 Å². The normalized spacial score (nSPS) is 12.9. The van der Waals surface area contributed by atoms with E-state index in [9.17, 15) is 13.2 Å². The zero-order valence-corrected chi connectivity index (χ0v) is 18.5. The van der Waals surface area contributed by atoms with Crippen LogP contribution >= 0.6 is 0 Å². The molecule has 1 amide bonds. The highest BCUT2D eigenvalue weighted by molar-refractivity contribution is 7.89. The largest absolute Gasteiger partial charge is 0.341 e. The first kappa shape index (κ1) is 21.1. The quantitative estimate of drug-likeness (QED) is 0.470. The van der Waals surface area contributed by atoms with Gasteiger partial charge in [0.25, 0.3) is 0 Å². The summed E-state index contributed by atoms with van der Waals surface area (Å²) >= 11 is 0. The minimum absolute atomic E-state index is 0.131. The number of anilines is 1. The van der Waals surface area contributed by atoms with Crippen molar-refractivity contribution in [2.75, 3.05) is 5.32 Å². The van der Waals surface area contributed by atoms with Crippen molar-refractivity contribution in [3.8, 4) is 0 Å². The number of para-hydroxylation sites is 1. The first-order valence-corrected chi connectivity index (χ1v) is 11.7. The van der Waals surface area contributed by atoms with Crippen LogP contribution < -0.4 is 10.0 Å². The molecule has 2 N–H and O–H groups in total. The fourth-order valence-corrected chi connectivity index (χ4v) is 5.00. The Bertz CT molecular complexity index is 1370. The van der Waals surface area contributed by atoms with Crippen LogP contribution in [0, 0.1) is 6.92 Å². The summed E-state index contributed by atoms with van der Waals surface area (Å²) in [5, 5.41) is 4.99. The van der Waals surface area contributed by atoms with Crippen LogP contribution in [0.1, 0.15) is 19.4 Å². The van der Waals surface area contributed by atoms with E-state index >= 15 is 0 Å². The van der Waals surface area contributed by atoms with Crippen LogP contribution in [0.15, 0.2) is 71.6 Å². The Morgan fingerprint density at radius 3 is 2.35 bits per heavy atom. The maximum Gasteiger partial charge on any atom is 0.242 e. The SMILES string of the molecule is CCn1c2ccccc2c2cc(NC(=O)[C@H](C)NS(=O)(=O)c3ccc(C)cc3)ccc21. The number of sulfonamides is 1. The minimum Gasteiger partial charge on any atom is -0.341 e. The number of carbonyl (C=O) groups excluding carboxylic acids is 1. The van der Waals surface area contributed by atoms with Crippen molar-refractivity contribution < 1.29 is 13.2 Å². The van der Waals surface area contributed by atoms with Gasteiger partial charge >= 0.3 is 0 Å². The van der Waals surface area contributed by atoms with Gasteiger partial charge in [-0.1, -0.05) is 35.9 Å². The summed E-state index contributed by atoms with van der Waals surface area (Å²) < 4.78 is 29.8. The molecule has 0 bridgehead atoms. The third kappa shape index (κ3) is 4.06. The van der Waals surface area contributed by atoms with Gasteiger partial charge in [0.2, 0.25) is 15.9 Å². The van der Waals surface area contributed by atoms with Gasteiger partial charge in [-0.25, -0.2) is 8.42 Å². The summed E-state index contributed by atoms with van der Waals surface area (Å²) in [5.74, 6) is -0.422. The van der Waals surface area contributed by atoms with Crippen LogP contribution in [0.4, 0.5) is 5.69 Å². The van der Waals surface area contributed by atoms with Gasteiger partial charge < -0.3 is 9.88 Å². The van der Waals surface area contributed by atoms with E-state index in [1.54, 1.807) is 12.1 Å². The van der Waals surface area contributed by atoms with Gasteiger partial charge in [-0.05, 0) is 57.2 Å². The third-order valence-corrected chi connectivity index (χ3v) is 6.97. The molecule has 3 aromatic carbocycles. The van der Waals surface area contributed by atoms with Gasteiger partial charge in [0, 0.05) is 34.0 Å². The number of fused-ring (bicyclic) bond motifs is 3. The second kappa shape index (κ2) is 8.17. The average molecular weight is 436 g/mol. The second-order valence-electron chi connectivity index (χ2n) is 7.64.